The lowest BCUT2D eigenvalue weighted by atomic mass is 10.1. The molecule has 0 fully saturated rings. The fraction of sp³-hybridized carbons (Fsp3) is 0.227. The number of aryl methyl sites for hydroxylation is 3. The van der Waals surface area contributed by atoms with Gasteiger partial charge in [-0.2, -0.15) is 4.98 Å². The number of nitrogens with zero attached hydrogens (tertiary/aromatic N) is 2. The molecule has 0 saturated heterocycles. The van der Waals surface area contributed by atoms with E-state index in [0.717, 1.165) is 16.8 Å². The number of rotatable bonds is 6. The van der Waals surface area contributed by atoms with Crippen LogP contribution in [0, 0.1) is 20.8 Å². The second-order valence-corrected chi connectivity index (χ2v) is 6.56. The molecule has 2 N–H and O–H groups in total. The third-order valence-corrected chi connectivity index (χ3v) is 4.25. The van der Waals surface area contributed by atoms with Gasteiger partial charge < -0.3 is 15.4 Å². The first-order chi connectivity index (χ1) is 13.5. The molecule has 0 radical (unpaired) electrons. The van der Waals surface area contributed by atoms with E-state index in [-0.39, 0.29) is 5.97 Å². The molecule has 28 heavy (non-hydrogen) atoms. The number of anilines is 4. The van der Waals surface area contributed by atoms with Crippen LogP contribution in [-0.4, -0.2) is 22.5 Å². The highest BCUT2D eigenvalue weighted by Gasteiger charge is 2.13. The Morgan fingerprint density at radius 2 is 1.75 bits per heavy atom. The zero-order valence-electron chi connectivity index (χ0n) is 16.5. The first-order valence-corrected chi connectivity index (χ1v) is 9.19. The Morgan fingerprint density at radius 3 is 2.46 bits per heavy atom. The van der Waals surface area contributed by atoms with Crippen LogP contribution in [0.15, 0.2) is 48.7 Å². The predicted molar refractivity (Wildman–Crippen MR) is 112 cm³/mol. The number of hydrogen-bond acceptors (Lipinski definition) is 6. The van der Waals surface area contributed by atoms with E-state index in [0.29, 0.717) is 29.6 Å². The van der Waals surface area contributed by atoms with Gasteiger partial charge in [0.15, 0.2) is 0 Å². The Morgan fingerprint density at radius 1 is 1.04 bits per heavy atom. The molecule has 0 saturated carbocycles. The average Bonchev–Trinajstić information content (AvgIpc) is 2.65. The van der Waals surface area contributed by atoms with Crippen LogP contribution in [0.1, 0.15) is 34.0 Å². The van der Waals surface area contributed by atoms with Crippen molar-refractivity contribution in [3.05, 3.63) is 70.9 Å². The smallest absolute Gasteiger partial charge is 0.340 e. The molecule has 0 unspecified atom stereocenters. The molecule has 2 aromatic carbocycles. The monoisotopic (exact) mass is 376 g/mol. The normalized spacial score (nSPS) is 10.4. The lowest BCUT2D eigenvalue weighted by molar-refractivity contribution is 0.0527. The molecular formula is C22H24N4O2. The van der Waals surface area contributed by atoms with Crippen LogP contribution in [0.4, 0.5) is 23.1 Å². The zero-order chi connectivity index (χ0) is 20.1. The van der Waals surface area contributed by atoms with Gasteiger partial charge in [0.05, 0.1) is 17.9 Å². The maximum atomic E-state index is 12.2. The Balaban J connectivity index is 1.85. The summed E-state index contributed by atoms with van der Waals surface area (Å²) in [4.78, 5) is 21.0. The van der Waals surface area contributed by atoms with E-state index < -0.39 is 0 Å². The Bertz CT molecular complexity index is 978. The van der Waals surface area contributed by atoms with Crippen molar-refractivity contribution in [2.24, 2.45) is 0 Å². The summed E-state index contributed by atoms with van der Waals surface area (Å²) >= 11 is 0. The average molecular weight is 376 g/mol. The van der Waals surface area contributed by atoms with Crippen molar-refractivity contribution in [2.75, 3.05) is 17.2 Å². The van der Waals surface area contributed by atoms with Crippen LogP contribution >= 0.6 is 0 Å². The number of ether oxygens (including phenoxy) is 1. The van der Waals surface area contributed by atoms with Crippen molar-refractivity contribution in [3.63, 3.8) is 0 Å². The third kappa shape index (κ3) is 4.46. The third-order valence-electron chi connectivity index (χ3n) is 4.25. The molecule has 1 aromatic heterocycles. The van der Waals surface area contributed by atoms with Gasteiger partial charge in [-0.25, -0.2) is 9.78 Å². The summed E-state index contributed by atoms with van der Waals surface area (Å²) in [6.07, 6.45) is 1.67. The number of benzene rings is 2. The minimum Gasteiger partial charge on any atom is -0.462 e. The van der Waals surface area contributed by atoms with E-state index in [1.807, 2.05) is 12.1 Å². The molecule has 0 aliphatic rings. The quantitative estimate of drug-likeness (QED) is 0.585. The first-order valence-electron chi connectivity index (χ1n) is 9.19. The van der Waals surface area contributed by atoms with Crippen molar-refractivity contribution < 1.29 is 9.53 Å². The summed E-state index contributed by atoms with van der Waals surface area (Å²) < 4.78 is 5.12. The van der Waals surface area contributed by atoms with Crippen molar-refractivity contribution in [3.8, 4) is 0 Å². The lowest BCUT2D eigenvalue weighted by Gasteiger charge is -2.14. The van der Waals surface area contributed by atoms with Crippen molar-refractivity contribution in [1.29, 1.82) is 0 Å². The topological polar surface area (TPSA) is 76.1 Å². The van der Waals surface area contributed by atoms with Gasteiger partial charge in [-0.3, -0.25) is 0 Å². The largest absolute Gasteiger partial charge is 0.462 e. The van der Waals surface area contributed by atoms with Gasteiger partial charge in [0.2, 0.25) is 5.95 Å². The molecule has 0 aliphatic heterocycles. The summed E-state index contributed by atoms with van der Waals surface area (Å²) in [6, 6.07) is 13.2. The standard InChI is InChI=1S/C22H24N4O2/c1-5-28-21(27)17-8-6-7-9-18(17)24-19-10-11-23-22(25-19)26-20-15(3)12-14(2)13-16(20)4/h6-13H,5H2,1-4H3,(H2,23,24,25,26). The second-order valence-electron chi connectivity index (χ2n) is 6.56. The number of nitrogens with one attached hydrogen (secondary N) is 2. The predicted octanol–water partition coefficient (Wildman–Crippen LogP) is 5.07. The number of hydrogen-bond donors (Lipinski definition) is 2. The van der Waals surface area contributed by atoms with Crippen LogP contribution in [0.5, 0.6) is 0 Å². The minimum atomic E-state index is -0.371. The van der Waals surface area contributed by atoms with Gasteiger partial charge in [0.1, 0.15) is 5.82 Å². The number of aromatic nitrogens is 2. The van der Waals surface area contributed by atoms with Crippen LogP contribution < -0.4 is 10.6 Å². The molecule has 6 heteroatoms. The van der Waals surface area contributed by atoms with E-state index in [2.05, 4.69) is 53.5 Å². The summed E-state index contributed by atoms with van der Waals surface area (Å²) in [5.41, 5.74) is 5.57. The first kappa shape index (κ1) is 19.4. The molecule has 6 nitrogen and oxygen atoms in total. The van der Waals surface area contributed by atoms with Gasteiger partial charge >= 0.3 is 5.97 Å². The summed E-state index contributed by atoms with van der Waals surface area (Å²) in [5, 5.41) is 6.48. The minimum absolute atomic E-state index is 0.323. The SMILES string of the molecule is CCOC(=O)c1ccccc1Nc1ccnc(Nc2c(C)cc(C)cc2C)n1. The Kier molecular flexibility index (Phi) is 5.89. The molecule has 0 atom stereocenters. The van der Waals surface area contributed by atoms with Gasteiger partial charge in [-0.05, 0) is 57.0 Å². The molecule has 0 aliphatic carbocycles. The molecular weight excluding hydrogens is 352 g/mol. The maximum absolute atomic E-state index is 12.2. The van der Waals surface area contributed by atoms with Gasteiger partial charge in [0, 0.05) is 11.9 Å². The van der Waals surface area contributed by atoms with E-state index in [9.17, 15) is 4.79 Å². The molecule has 0 spiro atoms. The highest BCUT2D eigenvalue weighted by Crippen LogP contribution is 2.26. The van der Waals surface area contributed by atoms with E-state index >= 15 is 0 Å². The van der Waals surface area contributed by atoms with Crippen molar-refractivity contribution in [2.45, 2.75) is 27.7 Å². The fourth-order valence-corrected chi connectivity index (χ4v) is 3.09. The highest BCUT2D eigenvalue weighted by molar-refractivity contribution is 5.96. The van der Waals surface area contributed by atoms with Gasteiger partial charge in [0.25, 0.3) is 0 Å². The van der Waals surface area contributed by atoms with E-state index in [4.69, 9.17) is 4.74 Å². The molecule has 3 aromatic rings. The fourth-order valence-electron chi connectivity index (χ4n) is 3.09. The van der Waals surface area contributed by atoms with Crippen LogP contribution in [-0.2, 0) is 4.74 Å². The highest BCUT2D eigenvalue weighted by atomic mass is 16.5. The maximum Gasteiger partial charge on any atom is 0.340 e. The van der Waals surface area contributed by atoms with E-state index in [1.165, 1.54) is 5.56 Å². The summed E-state index contributed by atoms with van der Waals surface area (Å²) in [7, 11) is 0. The second kappa shape index (κ2) is 8.52. The molecule has 0 bridgehead atoms. The Labute approximate surface area is 165 Å². The number of para-hydroxylation sites is 1. The lowest BCUT2D eigenvalue weighted by Crippen LogP contribution is -2.08. The Hall–Kier alpha value is -3.41. The molecule has 1 heterocycles. The van der Waals surface area contributed by atoms with E-state index in [1.54, 1.807) is 31.3 Å². The van der Waals surface area contributed by atoms with Crippen molar-refractivity contribution in [1.82, 2.24) is 9.97 Å². The number of carbonyl (C=O) groups excluding carboxylic acids is 1. The molecule has 0 amide bonds. The van der Waals surface area contributed by atoms with Crippen LogP contribution in [0.3, 0.4) is 0 Å². The molecule has 144 valence electrons. The molecule has 3 rings (SSSR count). The summed E-state index contributed by atoms with van der Waals surface area (Å²) in [6.45, 7) is 8.29. The number of esters is 1. The van der Waals surface area contributed by atoms with Crippen LogP contribution in [0.25, 0.3) is 0 Å². The number of carbonyl (C=O) groups is 1. The summed E-state index contributed by atoms with van der Waals surface area (Å²) in [5.74, 6) is 0.689. The van der Waals surface area contributed by atoms with Gasteiger partial charge in [-0.15, -0.1) is 0 Å². The van der Waals surface area contributed by atoms with Gasteiger partial charge in [-0.1, -0.05) is 29.8 Å². The van der Waals surface area contributed by atoms with Crippen molar-refractivity contribution >= 4 is 29.1 Å². The van der Waals surface area contributed by atoms with Crippen LogP contribution in [0.2, 0.25) is 0 Å². The zero-order valence-corrected chi connectivity index (χ0v) is 16.5.